The maximum Gasteiger partial charge on any atom is 0.391 e. The lowest BCUT2D eigenvalue weighted by Crippen LogP contribution is -2.36. The summed E-state index contributed by atoms with van der Waals surface area (Å²) in [5.41, 5.74) is 5.57. The number of rotatable bonds is 3. The fourth-order valence-corrected chi connectivity index (χ4v) is 1.51. The Morgan fingerprint density at radius 1 is 1.61 bits per heavy atom. The van der Waals surface area contributed by atoms with Crippen LogP contribution in [0.15, 0.2) is 12.3 Å². The van der Waals surface area contributed by atoms with Crippen LogP contribution in [-0.4, -0.2) is 23.1 Å². The molecule has 0 fully saturated rings. The van der Waals surface area contributed by atoms with Crippen molar-refractivity contribution in [1.29, 1.82) is 0 Å². The molecular formula is C10H11ClF3N3O. The predicted molar refractivity (Wildman–Crippen MR) is 61.3 cm³/mol. The molecule has 100 valence electrons. The van der Waals surface area contributed by atoms with Crippen molar-refractivity contribution in [1.82, 2.24) is 10.3 Å². The first-order chi connectivity index (χ1) is 8.19. The van der Waals surface area contributed by atoms with Crippen molar-refractivity contribution >= 4 is 23.2 Å². The number of hydrogen-bond donors (Lipinski definition) is 2. The molecule has 1 atom stereocenters. The summed E-state index contributed by atoms with van der Waals surface area (Å²) >= 11 is 5.66. The Morgan fingerprint density at radius 3 is 2.78 bits per heavy atom. The highest BCUT2D eigenvalue weighted by atomic mass is 35.5. The van der Waals surface area contributed by atoms with Crippen LogP contribution >= 0.6 is 11.6 Å². The quantitative estimate of drug-likeness (QED) is 0.836. The molecule has 18 heavy (non-hydrogen) atoms. The Hall–Kier alpha value is -1.50. The molecule has 1 aromatic heterocycles. The van der Waals surface area contributed by atoms with Gasteiger partial charge in [-0.3, -0.25) is 4.79 Å². The lowest BCUT2D eigenvalue weighted by molar-refractivity contribution is -0.138. The van der Waals surface area contributed by atoms with Crippen LogP contribution in [0.25, 0.3) is 0 Å². The molecule has 1 rings (SSSR count). The van der Waals surface area contributed by atoms with E-state index in [-0.39, 0.29) is 16.4 Å². The van der Waals surface area contributed by atoms with Gasteiger partial charge in [-0.25, -0.2) is 4.98 Å². The SMILES string of the molecule is CC(CC(F)(F)F)NC(=O)c1cc(N)cnc1Cl. The number of carbonyl (C=O) groups excluding carboxylic acids is 1. The molecule has 0 aliphatic heterocycles. The Morgan fingerprint density at radius 2 is 2.22 bits per heavy atom. The van der Waals surface area contributed by atoms with E-state index in [0.717, 1.165) is 0 Å². The van der Waals surface area contributed by atoms with Crippen LogP contribution in [0.1, 0.15) is 23.7 Å². The van der Waals surface area contributed by atoms with E-state index in [0.29, 0.717) is 0 Å². The van der Waals surface area contributed by atoms with Crippen LogP contribution in [0.3, 0.4) is 0 Å². The van der Waals surface area contributed by atoms with Gasteiger partial charge in [0.15, 0.2) is 0 Å². The van der Waals surface area contributed by atoms with E-state index < -0.39 is 24.5 Å². The van der Waals surface area contributed by atoms with Gasteiger partial charge in [0.05, 0.1) is 23.9 Å². The predicted octanol–water partition coefficient (Wildman–Crippen LogP) is 2.39. The monoisotopic (exact) mass is 281 g/mol. The summed E-state index contributed by atoms with van der Waals surface area (Å²) in [6.07, 6.45) is -4.21. The highest BCUT2D eigenvalue weighted by Gasteiger charge is 2.30. The second kappa shape index (κ2) is 5.43. The molecule has 0 aliphatic carbocycles. The first kappa shape index (κ1) is 14.6. The number of alkyl halides is 3. The van der Waals surface area contributed by atoms with E-state index in [4.69, 9.17) is 17.3 Å². The van der Waals surface area contributed by atoms with Gasteiger partial charge in [-0.05, 0) is 13.0 Å². The summed E-state index contributed by atoms with van der Waals surface area (Å²) in [7, 11) is 0. The van der Waals surface area contributed by atoms with Gasteiger partial charge in [0.1, 0.15) is 5.15 Å². The van der Waals surface area contributed by atoms with Crippen LogP contribution in [0.4, 0.5) is 18.9 Å². The molecule has 3 N–H and O–H groups in total. The summed E-state index contributed by atoms with van der Waals surface area (Å²) < 4.78 is 36.3. The average molecular weight is 282 g/mol. The normalized spacial score (nSPS) is 13.2. The second-order valence-corrected chi connectivity index (χ2v) is 4.16. The Bertz CT molecular complexity index is 450. The van der Waals surface area contributed by atoms with E-state index in [9.17, 15) is 18.0 Å². The van der Waals surface area contributed by atoms with Gasteiger partial charge in [0.2, 0.25) is 0 Å². The van der Waals surface area contributed by atoms with Crippen LogP contribution in [-0.2, 0) is 0 Å². The molecule has 0 aromatic carbocycles. The molecule has 0 saturated carbocycles. The molecular weight excluding hydrogens is 271 g/mol. The zero-order valence-corrected chi connectivity index (χ0v) is 10.1. The van der Waals surface area contributed by atoms with Gasteiger partial charge in [-0.15, -0.1) is 0 Å². The molecule has 8 heteroatoms. The lowest BCUT2D eigenvalue weighted by atomic mass is 10.2. The van der Waals surface area contributed by atoms with Gasteiger partial charge < -0.3 is 11.1 Å². The number of nitrogen functional groups attached to an aromatic ring is 1. The lowest BCUT2D eigenvalue weighted by Gasteiger charge is -2.16. The number of hydrogen-bond acceptors (Lipinski definition) is 3. The first-order valence-corrected chi connectivity index (χ1v) is 5.35. The van der Waals surface area contributed by atoms with Gasteiger partial charge in [-0.2, -0.15) is 13.2 Å². The zero-order chi connectivity index (χ0) is 13.9. The molecule has 0 saturated heterocycles. The van der Waals surface area contributed by atoms with Gasteiger partial charge in [0.25, 0.3) is 5.91 Å². The number of nitrogens with one attached hydrogen (secondary N) is 1. The smallest absolute Gasteiger partial charge is 0.391 e. The minimum Gasteiger partial charge on any atom is -0.397 e. The summed E-state index contributed by atoms with van der Waals surface area (Å²) in [6.45, 7) is 1.25. The second-order valence-electron chi connectivity index (χ2n) is 3.80. The molecule has 1 unspecified atom stereocenters. The van der Waals surface area contributed by atoms with Crippen molar-refractivity contribution in [2.24, 2.45) is 0 Å². The van der Waals surface area contributed by atoms with Crippen molar-refractivity contribution in [3.8, 4) is 0 Å². The highest BCUT2D eigenvalue weighted by Crippen LogP contribution is 2.22. The number of amides is 1. The molecule has 0 spiro atoms. The van der Waals surface area contributed by atoms with Gasteiger partial charge in [0, 0.05) is 6.04 Å². The molecule has 1 heterocycles. The van der Waals surface area contributed by atoms with Crippen molar-refractivity contribution in [2.75, 3.05) is 5.73 Å². The summed E-state index contributed by atoms with van der Waals surface area (Å²) in [5.74, 6) is -0.739. The topological polar surface area (TPSA) is 68.0 Å². The first-order valence-electron chi connectivity index (χ1n) is 4.97. The fourth-order valence-electron chi connectivity index (χ4n) is 1.32. The summed E-state index contributed by atoms with van der Waals surface area (Å²) in [6, 6.07) is 0.195. The van der Waals surface area contributed by atoms with Crippen molar-refractivity contribution in [3.63, 3.8) is 0 Å². The third-order valence-corrected chi connectivity index (χ3v) is 2.32. The zero-order valence-electron chi connectivity index (χ0n) is 9.38. The Kier molecular flexibility index (Phi) is 4.39. The van der Waals surface area contributed by atoms with E-state index in [2.05, 4.69) is 10.3 Å². The van der Waals surface area contributed by atoms with Gasteiger partial charge in [-0.1, -0.05) is 11.6 Å². The number of anilines is 1. The van der Waals surface area contributed by atoms with E-state index in [1.165, 1.54) is 19.2 Å². The number of nitrogens with zero attached hydrogens (tertiary/aromatic N) is 1. The minimum absolute atomic E-state index is 0.0503. The van der Waals surface area contributed by atoms with E-state index in [1.807, 2.05) is 0 Å². The number of nitrogens with two attached hydrogens (primary N) is 1. The van der Waals surface area contributed by atoms with Crippen molar-refractivity contribution in [2.45, 2.75) is 25.6 Å². The number of aromatic nitrogens is 1. The Balaban J connectivity index is 2.74. The third-order valence-electron chi connectivity index (χ3n) is 2.02. The van der Waals surface area contributed by atoms with Crippen LogP contribution in [0.2, 0.25) is 5.15 Å². The average Bonchev–Trinajstić information content (AvgIpc) is 2.18. The van der Waals surface area contributed by atoms with Crippen molar-refractivity contribution < 1.29 is 18.0 Å². The van der Waals surface area contributed by atoms with E-state index in [1.54, 1.807) is 0 Å². The van der Waals surface area contributed by atoms with Crippen LogP contribution in [0.5, 0.6) is 0 Å². The van der Waals surface area contributed by atoms with Crippen LogP contribution in [0, 0.1) is 0 Å². The summed E-state index contributed by atoms with van der Waals surface area (Å²) in [4.78, 5) is 15.3. The summed E-state index contributed by atoms with van der Waals surface area (Å²) in [5, 5.41) is 2.07. The largest absolute Gasteiger partial charge is 0.397 e. The molecule has 0 radical (unpaired) electrons. The van der Waals surface area contributed by atoms with E-state index >= 15 is 0 Å². The molecule has 4 nitrogen and oxygen atoms in total. The number of pyridine rings is 1. The van der Waals surface area contributed by atoms with Gasteiger partial charge >= 0.3 is 6.18 Å². The number of carbonyl (C=O) groups is 1. The molecule has 1 aromatic rings. The fraction of sp³-hybridized carbons (Fsp3) is 0.400. The number of halogens is 4. The standard InChI is InChI=1S/C10H11ClF3N3O/c1-5(3-10(12,13)14)17-9(18)7-2-6(15)4-16-8(7)11/h2,4-5H,3,15H2,1H3,(H,17,18). The third kappa shape index (κ3) is 4.40. The van der Waals surface area contributed by atoms with Crippen molar-refractivity contribution in [3.05, 3.63) is 23.0 Å². The molecule has 0 bridgehead atoms. The van der Waals surface area contributed by atoms with Crippen LogP contribution < -0.4 is 11.1 Å². The maximum absolute atomic E-state index is 12.1. The molecule has 0 aliphatic rings. The Labute approximate surface area is 106 Å². The maximum atomic E-state index is 12.1. The molecule has 1 amide bonds. The minimum atomic E-state index is -4.34. The highest BCUT2D eigenvalue weighted by molar-refractivity contribution is 6.32.